The van der Waals surface area contributed by atoms with Gasteiger partial charge in [-0.1, -0.05) is 6.07 Å². The molecular formula is C44H55F3N12O6. The molecule has 6 aliphatic rings. The molecule has 5 saturated heterocycles. The number of aliphatic imine (C=N–C) groups is 1. The summed E-state index contributed by atoms with van der Waals surface area (Å²) in [5.41, 5.74) is 12.1. The van der Waals surface area contributed by atoms with Crippen LogP contribution in [-0.2, 0) is 30.9 Å². The van der Waals surface area contributed by atoms with Crippen LogP contribution in [0.3, 0.4) is 0 Å². The molecule has 348 valence electrons. The van der Waals surface area contributed by atoms with Crippen molar-refractivity contribution in [2.45, 2.75) is 100 Å². The van der Waals surface area contributed by atoms with Crippen molar-refractivity contribution >= 4 is 52.0 Å². The van der Waals surface area contributed by atoms with Crippen LogP contribution in [0.2, 0.25) is 0 Å². The van der Waals surface area contributed by atoms with E-state index >= 15 is 4.39 Å². The fourth-order valence-corrected chi connectivity index (χ4v) is 10.2. The number of likely N-dealkylation sites (tertiary alicyclic amines) is 1. The fourth-order valence-electron chi connectivity index (χ4n) is 10.2. The number of para-hydroxylation sites is 1. The highest BCUT2D eigenvalue weighted by molar-refractivity contribution is 6.19. The van der Waals surface area contributed by atoms with Crippen LogP contribution in [0, 0.1) is 5.92 Å². The summed E-state index contributed by atoms with van der Waals surface area (Å²) in [5, 5.41) is 4.81. The van der Waals surface area contributed by atoms with Crippen LogP contribution >= 0.6 is 0 Å². The highest BCUT2D eigenvalue weighted by atomic mass is 19.3. The van der Waals surface area contributed by atoms with Crippen molar-refractivity contribution in [3.8, 4) is 0 Å². The number of nitrogens with two attached hydrogens (primary N) is 2. The van der Waals surface area contributed by atoms with Gasteiger partial charge in [0.05, 0.1) is 65.0 Å². The van der Waals surface area contributed by atoms with Crippen molar-refractivity contribution in [3.05, 3.63) is 64.4 Å². The maximum Gasteiger partial charge on any atom is 0.329 e. The molecule has 3 amide bonds. The Morgan fingerprint density at radius 1 is 1.09 bits per heavy atom. The number of hydrogen-bond acceptors (Lipinski definition) is 14. The van der Waals surface area contributed by atoms with Crippen LogP contribution in [-0.4, -0.2) is 137 Å². The summed E-state index contributed by atoms with van der Waals surface area (Å²) in [7, 11) is 1.67. The third-order valence-corrected chi connectivity index (χ3v) is 13.8. The van der Waals surface area contributed by atoms with Crippen LogP contribution in [0.1, 0.15) is 63.2 Å². The molecule has 3 aromatic rings. The van der Waals surface area contributed by atoms with E-state index in [0.29, 0.717) is 74.8 Å². The number of nitrogens with one attached hydrogen (secondary N) is 2. The Bertz CT molecular complexity index is 2460. The van der Waals surface area contributed by atoms with Crippen molar-refractivity contribution in [2.24, 2.45) is 29.4 Å². The van der Waals surface area contributed by atoms with Gasteiger partial charge in [0.2, 0.25) is 11.8 Å². The number of halogens is 3. The number of morpholine rings is 1. The van der Waals surface area contributed by atoms with Gasteiger partial charge in [-0.3, -0.25) is 38.7 Å². The topological polar surface area (TPSA) is 221 Å². The molecule has 2 aromatic heterocycles. The fraction of sp³-hybridized carbons (Fsp3) is 0.568. The zero-order valence-electron chi connectivity index (χ0n) is 36.2. The standard InChI is InChI=1S/C44H55F3N12O6/c1-55-39-32(3-2-4-33(39)59(44(55)63)34-9-10-37(60)54-43(34)62)57-19-28(20-57)65-35-12-14-56(22-30(35)45)18-24-5-7-25(8-6-24)51-17-31(38(49)40(46)47)52-42(61)29(16-48)41-50-13-11-36(53-41)58-21-27-15-26(58)23-64-27/h2-4,11,13,16-17,24-28,30,34-35,40H,5-10,12,14-15,18-23,48-49H2,1H3,(H,52,61)(H,54,60,62)/t24?,25?,26-,27-,30-,34?,35-/m1/s1. The van der Waals surface area contributed by atoms with Crippen LogP contribution in [0.4, 0.5) is 24.7 Å². The highest BCUT2D eigenvalue weighted by Crippen LogP contribution is 2.35. The molecule has 5 aliphatic heterocycles. The van der Waals surface area contributed by atoms with Crippen LogP contribution in [0.25, 0.3) is 16.6 Å². The molecule has 9 rings (SSSR count). The first-order valence-electron chi connectivity index (χ1n) is 22.4. The van der Waals surface area contributed by atoms with Crippen LogP contribution < -0.4 is 37.6 Å². The molecule has 1 saturated carbocycles. The number of hydrogen-bond donors (Lipinski definition) is 4. The van der Waals surface area contributed by atoms with Gasteiger partial charge in [0.25, 0.3) is 12.3 Å². The number of aryl methyl sites for hydroxylation is 1. The molecule has 0 radical (unpaired) electrons. The first kappa shape index (κ1) is 44.4. The van der Waals surface area contributed by atoms with Gasteiger partial charge in [0, 0.05) is 71.3 Å². The van der Waals surface area contributed by atoms with Gasteiger partial charge in [0.1, 0.15) is 23.7 Å². The molecule has 1 aromatic carbocycles. The van der Waals surface area contributed by atoms with Gasteiger partial charge in [0.15, 0.2) is 5.82 Å². The molecule has 6 fully saturated rings. The second-order valence-electron chi connectivity index (χ2n) is 18.0. The Hall–Kier alpha value is -5.80. The number of carbonyl (C=O) groups excluding carboxylic acids is 3. The summed E-state index contributed by atoms with van der Waals surface area (Å²) in [6.45, 7) is 3.99. The Morgan fingerprint density at radius 3 is 2.58 bits per heavy atom. The number of anilines is 2. The van der Waals surface area contributed by atoms with E-state index < -0.39 is 42.3 Å². The molecule has 7 heterocycles. The monoisotopic (exact) mass is 904 g/mol. The van der Waals surface area contributed by atoms with Gasteiger partial charge >= 0.3 is 5.69 Å². The molecule has 6 N–H and O–H groups in total. The number of ether oxygens (including phenoxy) is 2. The number of rotatable bonds is 13. The van der Waals surface area contributed by atoms with Crippen LogP contribution in [0.5, 0.6) is 0 Å². The Balaban J connectivity index is 0.736. The summed E-state index contributed by atoms with van der Waals surface area (Å²) >= 11 is 0. The maximum absolute atomic E-state index is 15.6. The van der Waals surface area contributed by atoms with E-state index in [1.165, 1.54) is 21.5 Å². The van der Waals surface area contributed by atoms with E-state index in [0.717, 1.165) is 37.7 Å². The number of fused-ring (bicyclic) bond motifs is 3. The van der Waals surface area contributed by atoms with Gasteiger partial charge in [-0.25, -0.2) is 27.9 Å². The zero-order chi connectivity index (χ0) is 45.5. The summed E-state index contributed by atoms with van der Waals surface area (Å²) in [6.07, 6.45) is 3.82. The van der Waals surface area contributed by atoms with E-state index in [-0.39, 0.29) is 72.4 Å². The number of piperidine rings is 2. The highest BCUT2D eigenvalue weighted by Gasteiger charge is 2.41. The number of aromatic nitrogens is 4. The van der Waals surface area contributed by atoms with Crippen molar-refractivity contribution < 1.29 is 37.0 Å². The molecule has 2 bridgehead atoms. The average Bonchev–Trinajstić information content (AvgIpc) is 3.99. The third kappa shape index (κ3) is 9.09. The van der Waals surface area contributed by atoms with E-state index in [1.54, 1.807) is 19.2 Å². The predicted molar refractivity (Wildman–Crippen MR) is 235 cm³/mol. The Morgan fingerprint density at radius 2 is 1.89 bits per heavy atom. The summed E-state index contributed by atoms with van der Waals surface area (Å²) in [6, 6.07) is 6.52. The molecule has 18 nitrogen and oxygen atoms in total. The van der Waals surface area contributed by atoms with E-state index in [4.69, 9.17) is 20.9 Å². The number of alkyl halides is 3. The normalized spacial score (nSPS) is 28.3. The lowest BCUT2D eigenvalue weighted by molar-refractivity contribution is -0.135. The van der Waals surface area contributed by atoms with Crippen LogP contribution in [0.15, 0.2) is 57.8 Å². The minimum absolute atomic E-state index is 0.0428. The molecule has 5 atom stereocenters. The summed E-state index contributed by atoms with van der Waals surface area (Å²) in [5.74, 6) is -0.668. The van der Waals surface area contributed by atoms with Crippen molar-refractivity contribution in [2.75, 3.05) is 55.7 Å². The zero-order valence-corrected chi connectivity index (χ0v) is 36.2. The number of amides is 3. The first-order chi connectivity index (χ1) is 31.3. The summed E-state index contributed by atoms with van der Waals surface area (Å²) < 4.78 is 58.4. The number of allylic oxidation sites excluding steroid dienone is 2. The van der Waals surface area contributed by atoms with Gasteiger partial charge in [-0.2, -0.15) is 0 Å². The smallest absolute Gasteiger partial charge is 0.329 e. The van der Waals surface area contributed by atoms with Crippen molar-refractivity contribution in [3.63, 3.8) is 0 Å². The lowest BCUT2D eigenvalue weighted by Gasteiger charge is -2.44. The van der Waals surface area contributed by atoms with E-state index in [9.17, 15) is 28.0 Å². The van der Waals surface area contributed by atoms with Gasteiger partial charge in [-0.15, -0.1) is 0 Å². The Kier molecular flexibility index (Phi) is 12.7. The molecule has 21 heteroatoms. The van der Waals surface area contributed by atoms with Gasteiger partial charge < -0.3 is 36.1 Å². The molecule has 65 heavy (non-hydrogen) atoms. The Labute approximate surface area is 372 Å². The number of carbonyl (C=O) groups is 3. The minimum Gasteiger partial charge on any atom is -0.404 e. The third-order valence-electron chi connectivity index (χ3n) is 13.8. The summed E-state index contributed by atoms with van der Waals surface area (Å²) in [4.78, 5) is 70.9. The number of imidazole rings is 1. The van der Waals surface area contributed by atoms with E-state index in [1.807, 2.05) is 12.1 Å². The second-order valence-corrected chi connectivity index (χ2v) is 18.0. The van der Waals surface area contributed by atoms with Crippen molar-refractivity contribution in [1.29, 1.82) is 0 Å². The minimum atomic E-state index is -3.05. The number of benzene rings is 1. The lowest BCUT2D eigenvalue weighted by atomic mass is 9.85. The SMILES string of the molecule is Cn1c(=O)n(C2CCC(=O)NC2=O)c2cccc(N3CC(O[C@@H]4CCN(CC5CCC(N=CC(NC(=O)C(=CN)c6nccc(N7C[C@H]8C[C@@H]7CO8)n6)=C(N)C(F)F)CC5)C[C@H]4F)C3)c21. The quantitative estimate of drug-likeness (QED) is 0.110. The first-order valence-corrected chi connectivity index (χ1v) is 22.4. The van der Waals surface area contributed by atoms with E-state index in [2.05, 4.69) is 40.3 Å². The van der Waals surface area contributed by atoms with Gasteiger partial charge in [-0.05, 0) is 69.1 Å². The van der Waals surface area contributed by atoms with Crippen molar-refractivity contribution in [1.82, 2.24) is 34.6 Å². The molecular weight excluding hydrogens is 850 g/mol. The molecule has 1 unspecified atom stereocenters. The lowest BCUT2D eigenvalue weighted by Crippen LogP contribution is -2.56. The maximum atomic E-state index is 15.6. The second kappa shape index (κ2) is 18.6. The predicted octanol–water partition coefficient (Wildman–Crippen LogP) is 1.88. The largest absolute Gasteiger partial charge is 0.404 e. The number of imide groups is 1. The average molecular weight is 905 g/mol. The molecule has 1 aliphatic carbocycles. The molecule has 0 spiro atoms. The number of nitrogens with zero attached hydrogens (tertiary/aromatic N) is 8.